The van der Waals surface area contributed by atoms with Gasteiger partial charge in [0.15, 0.2) is 0 Å². The maximum absolute atomic E-state index is 9.82. The Hall–Kier alpha value is -0.870. The third-order valence-electron chi connectivity index (χ3n) is 2.55. The van der Waals surface area contributed by atoms with E-state index in [1.54, 1.807) is 0 Å². The molecule has 1 N–H and O–H groups in total. The molecule has 1 heterocycles. The third kappa shape index (κ3) is 4.33. The summed E-state index contributed by atoms with van der Waals surface area (Å²) in [6.07, 6.45) is 3.12. The van der Waals surface area contributed by atoms with Crippen LogP contribution in [-0.4, -0.2) is 46.5 Å². The first-order valence-corrected chi connectivity index (χ1v) is 5.86. The van der Waals surface area contributed by atoms with E-state index in [1.807, 2.05) is 31.0 Å². The maximum atomic E-state index is 9.82. The third-order valence-corrected chi connectivity index (χ3v) is 2.55. The van der Waals surface area contributed by atoms with Gasteiger partial charge in [-0.05, 0) is 47.0 Å². The standard InChI is InChI=1S/C12H23N3O/c1-10(2)15-8-5-11(13-15)9-12(16)6-7-14(3)4/h5,8,10,12,16H,6-7,9H2,1-4H3. The zero-order valence-electron chi connectivity index (χ0n) is 10.7. The largest absolute Gasteiger partial charge is 0.393 e. The van der Waals surface area contributed by atoms with E-state index in [2.05, 4.69) is 23.8 Å². The first-order valence-electron chi connectivity index (χ1n) is 5.86. The average molecular weight is 225 g/mol. The highest BCUT2D eigenvalue weighted by molar-refractivity contribution is 5.01. The summed E-state index contributed by atoms with van der Waals surface area (Å²) in [5.74, 6) is 0. The fraction of sp³-hybridized carbons (Fsp3) is 0.750. The minimum absolute atomic E-state index is 0.294. The Labute approximate surface area is 97.9 Å². The summed E-state index contributed by atoms with van der Waals surface area (Å²) in [6.45, 7) is 5.10. The van der Waals surface area contributed by atoms with Crippen LogP contribution >= 0.6 is 0 Å². The zero-order chi connectivity index (χ0) is 12.1. The Morgan fingerprint density at radius 1 is 1.44 bits per heavy atom. The van der Waals surface area contributed by atoms with Crippen molar-refractivity contribution in [1.82, 2.24) is 14.7 Å². The number of aromatic nitrogens is 2. The molecule has 92 valence electrons. The Bertz CT molecular complexity index is 307. The molecule has 0 radical (unpaired) electrons. The summed E-state index contributed by atoms with van der Waals surface area (Å²) in [4.78, 5) is 2.08. The van der Waals surface area contributed by atoms with Crippen LogP contribution in [0.3, 0.4) is 0 Å². The van der Waals surface area contributed by atoms with Gasteiger partial charge in [0.2, 0.25) is 0 Å². The van der Waals surface area contributed by atoms with Crippen LogP contribution in [-0.2, 0) is 6.42 Å². The summed E-state index contributed by atoms with van der Waals surface area (Å²) >= 11 is 0. The average Bonchev–Trinajstić information content (AvgIpc) is 2.63. The fourth-order valence-corrected chi connectivity index (χ4v) is 1.52. The highest BCUT2D eigenvalue weighted by atomic mass is 16.3. The predicted octanol–water partition coefficient (Wildman–Crippen LogP) is 1.32. The molecule has 0 fully saturated rings. The van der Waals surface area contributed by atoms with Crippen LogP contribution in [0.4, 0.5) is 0 Å². The number of aliphatic hydroxyl groups excluding tert-OH is 1. The van der Waals surface area contributed by atoms with Gasteiger partial charge in [-0.25, -0.2) is 0 Å². The summed E-state index contributed by atoms with van der Waals surface area (Å²) in [6, 6.07) is 2.37. The molecule has 0 amide bonds. The molecule has 0 saturated heterocycles. The smallest absolute Gasteiger partial charge is 0.0650 e. The number of nitrogens with zero attached hydrogens (tertiary/aromatic N) is 3. The van der Waals surface area contributed by atoms with E-state index < -0.39 is 0 Å². The lowest BCUT2D eigenvalue weighted by Gasteiger charge is -2.13. The molecule has 1 unspecified atom stereocenters. The molecule has 4 heteroatoms. The molecular weight excluding hydrogens is 202 g/mol. The van der Waals surface area contributed by atoms with Crippen molar-refractivity contribution in [3.8, 4) is 0 Å². The van der Waals surface area contributed by atoms with Crippen LogP contribution in [0.25, 0.3) is 0 Å². The van der Waals surface area contributed by atoms with Crippen LogP contribution in [0.1, 0.15) is 32.0 Å². The first kappa shape index (κ1) is 13.2. The zero-order valence-corrected chi connectivity index (χ0v) is 10.7. The second-order valence-corrected chi connectivity index (χ2v) is 4.83. The minimum atomic E-state index is -0.294. The van der Waals surface area contributed by atoms with Gasteiger partial charge in [0.1, 0.15) is 0 Å². The van der Waals surface area contributed by atoms with Crippen molar-refractivity contribution in [2.45, 2.75) is 38.8 Å². The summed E-state index contributed by atoms with van der Waals surface area (Å²) < 4.78 is 1.92. The van der Waals surface area contributed by atoms with Crippen molar-refractivity contribution >= 4 is 0 Å². The first-order chi connectivity index (χ1) is 7.49. The quantitative estimate of drug-likeness (QED) is 0.794. The van der Waals surface area contributed by atoms with Crippen molar-refractivity contribution in [3.05, 3.63) is 18.0 Å². The van der Waals surface area contributed by atoms with E-state index in [1.165, 1.54) is 0 Å². The van der Waals surface area contributed by atoms with Gasteiger partial charge in [-0.15, -0.1) is 0 Å². The Kier molecular flexibility index (Phi) is 4.96. The molecule has 4 nitrogen and oxygen atoms in total. The van der Waals surface area contributed by atoms with Gasteiger partial charge in [-0.2, -0.15) is 5.10 Å². The fourth-order valence-electron chi connectivity index (χ4n) is 1.52. The number of hydrogen-bond acceptors (Lipinski definition) is 3. The van der Waals surface area contributed by atoms with E-state index in [-0.39, 0.29) is 6.10 Å². The highest BCUT2D eigenvalue weighted by Gasteiger charge is 2.09. The normalized spacial score (nSPS) is 13.7. The van der Waals surface area contributed by atoms with E-state index in [0.717, 1.165) is 18.7 Å². The highest BCUT2D eigenvalue weighted by Crippen LogP contribution is 2.07. The molecule has 0 aliphatic rings. The van der Waals surface area contributed by atoms with Gasteiger partial charge in [0.05, 0.1) is 11.8 Å². The van der Waals surface area contributed by atoms with Crippen LogP contribution in [0.2, 0.25) is 0 Å². The summed E-state index contributed by atoms with van der Waals surface area (Å²) in [7, 11) is 4.03. The molecular formula is C12H23N3O. The molecule has 1 aromatic rings. The van der Waals surface area contributed by atoms with Crippen molar-refractivity contribution in [2.24, 2.45) is 0 Å². The van der Waals surface area contributed by atoms with Gasteiger partial charge in [0.25, 0.3) is 0 Å². The van der Waals surface area contributed by atoms with E-state index >= 15 is 0 Å². The topological polar surface area (TPSA) is 41.3 Å². The van der Waals surface area contributed by atoms with Crippen molar-refractivity contribution in [2.75, 3.05) is 20.6 Å². The van der Waals surface area contributed by atoms with Gasteiger partial charge in [-0.1, -0.05) is 0 Å². The monoisotopic (exact) mass is 225 g/mol. The van der Waals surface area contributed by atoms with E-state index in [9.17, 15) is 5.11 Å². The van der Waals surface area contributed by atoms with Crippen LogP contribution in [0, 0.1) is 0 Å². The lowest BCUT2D eigenvalue weighted by Crippen LogP contribution is -2.21. The second-order valence-electron chi connectivity index (χ2n) is 4.83. The second kappa shape index (κ2) is 6.01. The van der Waals surface area contributed by atoms with Gasteiger partial charge >= 0.3 is 0 Å². The Morgan fingerprint density at radius 3 is 2.62 bits per heavy atom. The molecule has 1 aromatic heterocycles. The lowest BCUT2D eigenvalue weighted by molar-refractivity contribution is 0.151. The summed E-state index contributed by atoms with van der Waals surface area (Å²) in [5.41, 5.74) is 0.972. The number of hydrogen-bond donors (Lipinski definition) is 1. The number of rotatable bonds is 6. The van der Waals surface area contributed by atoms with Gasteiger partial charge in [-0.3, -0.25) is 4.68 Å². The molecule has 0 saturated carbocycles. The number of aliphatic hydroxyl groups is 1. The predicted molar refractivity (Wildman–Crippen MR) is 65.5 cm³/mol. The van der Waals surface area contributed by atoms with Crippen molar-refractivity contribution in [1.29, 1.82) is 0 Å². The molecule has 0 aliphatic carbocycles. The van der Waals surface area contributed by atoms with Crippen molar-refractivity contribution in [3.63, 3.8) is 0 Å². The van der Waals surface area contributed by atoms with E-state index in [0.29, 0.717) is 12.5 Å². The SMILES string of the molecule is CC(C)n1ccc(CC(O)CCN(C)C)n1. The molecule has 0 aromatic carbocycles. The Balaban J connectivity index is 2.40. The maximum Gasteiger partial charge on any atom is 0.0650 e. The van der Waals surface area contributed by atoms with Crippen molar-refractivity contribution < 1.29 is 5.11 Å². The van der Waals surface area contributed by atoms with Gasteiger partial charge in [0, 0.05) is 18.7 Å². The van der Waals surface area contributed by atoms with Gasteiger partial charge < -0.3 is 10.0 Å². The summed E-state index contributed by atoms with van der Waals surface area (Å²) in [5, 5.41) is 14.2. The molecule has 1 atom stereocenters. The molecule has 0 aliphatic heterocycles. The molecule has 0 spiro atoms. The molecule has 0 bridgehead atoms. The van der Waals surface area contributed by atoms with Crippen LogP contribution in [0.15, 0.2) is 12.3 Å². The van der Waals surface area contributed by atoms with E-state index in [4.69, 9.17) is 0 Å². The molecule has 16 heavy (non-hydrogen) atoms. The lowest BCUT2D eigenvalue weighted by atomic mass is 10.1. The van der Waals surface area contributed by atoms with Crippen LogP contribution in [0.5, 0.6) is 0 Å². The minimum Gasteiger partial charge on any atom is -0.393 e. The Morgan fingerprint density at radius 2 is 2.12 bits per heavy atom. The van der Waals surface area contributed by atoms with Crippen LogP contribution < -0.4 is 0 Å². The molecule has 1 rings (SSSR count).